The number of furan rings is 1. The molecule has 1 aliphatic carbocycles. The van der Waals surface area contributed by atoms with Crippen LogP contribution in [0, 0.1) is 0 Å². The van der Waals surface area contributed by atoms with Crippen molar-refractivity contribution in [2.45, 2.75) is 51.2 Å². The molecular formula is C40H38BNO3. The number of nitrogens with zero attached hydrogens (tertiary/aromatic N) is 1. The summed E-state index contributed by atoms with van der Waals surface area (Å²) >= 11 is 0. The Kier molecular flexibility index (Phi) is 7.10. The monoisotopic (exact) mass is 591 g/mol. The van der Waals surface area contributed by atoms with Gasteiger partial charge in [0.05, 0.1) is 5.60 Å². The molecule has 6 aromatic rings. The Labute approximate surface area is 265 Å². The minimum Gasteiger partial charge on any atom is -0.484 e. The Hall–Kier alpha value is -4.74. The van der Waals surface area contributed by atoms with Crippen LogP contribution >= 0.6 is 0 Å². The van der Waals surface area contributed by atoms with Crippen molar-refractivity contribution in [3.8, 4) is 5.75 Å². The van der Waals surface area contributed by atoms with Crippen molar-refractivity contribution in [2.75, 3.05) is 4.90 Å². The Balaban J connectivity index is 1.38. The van der Waals surface area contributed by atoms with Crippen LogP contribution in [-0.2, 0) is 0 Å². The normalized spacial score (nSPS) is 15.5. The molecule has 0 amide bonds. The molecule has 1 N–H and O–H groups in total. The highest BCUT2D eigenvalue weighted by Crippen LogP contribution is 2.45. The lowest BCUT2D eigenvalue weighted by atomic mass is 9.84. The molecule has 1 aliphatic rings. The maximum Gasteiger partial charge on any atom is 0.140 e. The Bertz CT molecular complexity index is 2050. The van der Waals surface area contributed by atoms with Gasteiger partial charge in [0, 0.05) is 39.1 Å². The summed E-state index contributed by atoms with van der Waals surface area (Å²) in [6.07, 6.45) is 7.73. The zero-order valence-corrected chi connectivity index (χ0v) is 26.5. The number of benzene rings is 5. The summed E-state index contributed by atoms with van der Waals surface area (Å²) in [5.74, 6) is 0.883. The summed E-state index contributed by atoms with van der Waals surface area (Å²) in [5.41, 5.74) is 5.56. The van der Waals surface area contributed by atoms with Crippen LogP contribution in [0.1, 0.15) is 45.6 Å². The Morgan fingerprint density at radius 3 is 2.07 bits per heavy atom. The van der Waals surface area contributed by atoms with Gasteiger partial charge in [-0.3, -0.25) is 0 Å². The predicted octanol–water partition coefficient (Wildman–Crippen LogP) is 8.69. The fraction of sp³-hybridized carbons (Fsp3) is 0.200. The van der Waals surface area contributed by atoms with Gasteiger partial charge >= 0.3 is 0 Å². The third-order valence-corrected chi connectivity index (χ3v) is 9.43. The average Bonchev–Trinajstić information content (AvgIpc) is 3.41. The summed E-state index contributed by atoms with van der Waals surface area (Å²) < 4.78 is 13.3. The number of allylic oxidation sites excluding steroid dienone is 3. The van der Waals surface area contributed by atoms with E-state index < -0.39 is 11.2 Å². The van der Waals surface area contributed by atoms with E-state index in [0.717, 1.165) is 67.4 Å². The third kappa shape index (κ3) is 5.11. The van der Waals surface area contributed by atoms with Crippen LogP contribution in [0.5, 0.6) is 5.75 Å². The van der Waals surface area contributed by atoms with Crippen molar-refractivity contribution in [3.63, 3.8) is 0 Å². The van der Waals surface area contributed by atoms with Crippen molar-refractivity contribution in [3.05, 3.63) is 133 Å². The van der Waals surface area contributed by atoms with E-state index in [0.29, 0.717) is 0 Å². The van der Waals surface area contributed by atoms with Crippen molar-refractivity contribution in [1.82, 2.24) is 0 Å². The van der Waals surface area contributed by atoms with E-state index in [1.54, 1.807) is 13.8 Å². The maximum atomic E-state index is 11.0. The second-order valence-electron chi connectivity index (χ2n) is 13.1. The lowest BCUT2D eigenvalue weighted by Crippen LogP contribution is -2.49. The molecule has 0 saturated carbocycles. The lowest BCUT2D eigenvalue weighted by molar-refractivity contribution is -0.0899. The molecule has 4 nitrogen and oxygen atoms in total. The molecule has 1 aromatic heterocycles. The molecule has 0 fully saturated rings. The van der Waals surface area contributed by atoms with Gasteiger partial charge in [0.1, 0.15) is 30.4 Å². The quantitative estimate of drug-likeness (QED) is 0.189. The van der Waals surface area contributed by atoms with Gasteiger partial charge in [0.15, 0.2) is 0 Å². The molecule has 0 bridgehead atoms. The molecule has 224 valence electrons. The molecule has 1 unspecified atom stereocenters. The van der Waals surface area contributed by atoms with Gasteiger partial charge in [0.2, 0.25) is 0 Å². The molecule has 7 rings (SSSR count). The number of hydrogen-bond donors (Lipinski definition) is 1. The topological polar surface area (TPSA) is 45.8 Å². The van der Waals surface area contributed by atoms with Crippen LogP contribution in [0.4, 0.5) is 11.4 Å². The van der Waals surface area contributed by atoms with Gasteiger partial charge in [-0.1, -0.05) is 78.3 Å². The number of rotatable bonds is 7. The highest BCUT2D eigenvalue weighted by atomic mass is 16.5. The Morgan fingerprint density at radius 2 is 1.44 bits per heavy atom. The van der Waals surface area contributed by atoms with E-state index >= 15 is 0 Å². The molecular weight excluding hydrogens is 553 g/mol. The van der Waals surface area contributed by atoms with Gasteiger partial charge in [-0.25, -0.2) is 0 Å². The average molecular weight is 592 g/mol. The lowest BCUT2D eigenvalue weighted by Gasteiger charge is -2.38. The molecule has 0 radical (unpaired) electrons. The zero-order valence-electron chi connectivity index (χ0n) is 26.5. The number of hydrogen-bond acceptors (Lipinski definition) is 4. The summed E-state index contributed by atoms with van der Waals surface area (Å²) in [7, 11) is 2.13. The maximum absolute atomic E-state index is 11.0. The van der Waals surface area contributed by atoms with Crippen LogP contribution < -0.4 is 15.1 Å². The first-order valence-electron chi connectivity index (χ1n) is 15.7. The SMILES string of the molecule is Bc1cccc2oc3cc(C4C=CC(N(c5ccccc5)c5ccccc5)=CC4)c4cccc(OC(C)(C)C(C)(C)O)c4c3c12. The zero-order chi connectivity index (χ0) is 31.3. The first-order valence-corrected chi connectivity index (χ1v) is 15.7. The molecule has 1 atom stereocenters. The van der Waals surface area contributed by atoms with Crippen molar-refractivity contribution in [2.24, 2.45) is 0 Å². The molecule has 0 saturated heterocycles. The molecule has 45 heavy (non-hydrogen) atoms. The minimum atomic E-state index is -1.06. The van der Waals surface area contributed by atoms with Crippen LogP contribution in [0.2, 0.25) is 0 Å². The van der Waals surface area contributed by atoms with Crippen LogP contribution in [0.15, 0.2) is 131 Å². The summed E-state index contributed by atoms with van der Waals surface area (Å²) in [5, 5.41) is 15.3. The third-order valence-electron chi connectivity index (χ3n) is 9.43. The smallest absolute Gasteiger partial charge is 0.140 e. The molecule has 0 spiro atoms. The molecule has 5 aromatic carbocycles. The van der Waals surface area contributed by atoms with Crippen LogP contribution in [0.25, 0.3) is 32.7 Å². The molecule has 0 aliphatic heterocycles. The first-order chi connectivity index (χ1) is 21.6. The first kappa shape index (κ1) is 29.0. The van der Waals surface area contributed by atoms with Gasteiger partial charge in [-0.05, 0) is 93.6 Å². The number of ether oxygens (including phenoxy) is 1. The van der Waals surface area contributed by atoms with E-state index in [-0.39, 0.29) is 5.92 Å². The van der Waals surface area contributed by atoms with E-state index in [1.165, 1.54) is 5.56 Å². The van der Waals surface area contributed by atoms with Gasteiger partial charge < -0.3 is 19.2 Å². The number of fused-ring (bicyclic) bond motifs is 5. The fourth-order valence-corrected chi connectivity index (χ4v) is 6.34. The minimum absolute atomic E-state index is 0.140. The summed E-state index contributed by atoms with van der Waals surface area (Å²) in [4.78, 5) is 2.31. The van der Waals surface area contributed by atoms with Crippen molar-refractivity contribution < 1.29 is 14.3 Å². The highest BCUT2D eigenvalue weighted by molar-refractivity contribution is 6.43. The van der Waals surface area contributed by atoms with Crippen LogP contribution in [0.3, 0.4) is 0 Å². The number of anilines is 2. The number of aliphatic hydroxyl groups is 1. The van der Waals surface area contributed by atoms with E-state index in [9.17, 15) is 5.11 Å². The Morgan fingerprint density at radius 1 is 0.778 bits per heavy atom. The van der Waals surface area contributed by atoms with Crippen molar-refractivity contribution >= 4 is 57.4 Å². The van der Waals surface area contributed by atoms with Gasteiger partial charge in [0.25, 0.3) is 0 Å². The molecule has 1 heterocycles. The van der Waals surface area contributed by atoms with E-state index in [4.69, 9.17) is 9.15 Å². The van der Waals surface area contributed by atoms with Crippen molar-refractivity contribution in [1.29, 1.82) is 0 Å². The molecule has 5 heteroatoms. The highest BCUT2D eigenvalue weighted by Gasteiger charge is 2.38. The summed E-state index contributed by atoms with van der Waals surface area (Å²) in [6, 6.07) is 35.7. The number of para-hydroxylation sites is 2. The fourth-order valence-electron chi connectivity index (χ4n) is 6.34. The predicted molar refractivity (Wildman–Crippen MR) is 190 cm³/mol. The largest absolute Gasteiger partial charge is 0.484 e. The van der Waals surface area contributed by atoms with Gasteiger partial charge in [-0.15, -0.1) is 0 Å². The second kappa shape index (κ2) is 11.0. The van der Waals surface area contributed by atoms with Crippen LogP contribution in [-0.4, -0.2) is 24.2 Å². The van der Waals surface area contributed by atoms with Gasteiger partial charge in [-0.2, -0.15) is 0 Å². The van der Waals surface area contributed by atoms with E-state index in [1.807, 2.05) is 32.0 Å². The van der Waals surface area contributed by atoms with E-state index in [2.05, 4.69) is 116 Å². The second-order valence-corrected chi connectivity index (χ2v) is 13.1. The summed E-state index contributed by atoms with van der Waals surface area (Å²) in [6.45, 7) is 7.46. The standard InChI is InChI=1S/C40H38BNO3/c1-39(2,43)40(3,4)45-34-20-11-17-30-31(25-35-38(36(30)34)37-32(41)18-12-19-33(37)44-35)26-21-23-29(24-22-26)42(27-13-7-5-8-14-27)28-15-9-6-10-16-28/h5-21,23-26,43H,22,41H2,1-4H3.